The Morgan fingerprint density at radius 2 is 1.87 bits per heavy atom. The predicted molar refractivity (Wildman–Crippen MR) is 120 cm³/mol. The third kappa shape index (κ3) is 3.89. The quantitative estimate of drug-likeness (QED) is 0.466. The third-order valence-electron chi connectivity index (χ3n) is 5.38. The van der Waals surface area contributed by atoms with E-state index in [9.17, 15) is 0 Å². The summed E-state index contributed by atoms with van der Waals surface area (Å²) in [5.41, 5.74) is 8.96. The second-order valence-electron chi connectivity index (χ2n) is 7.37. The maximum atomic E-state index is 6.27. The fourth-order valence-electron chi connectivity index (χ4n) is 3.71. The van der Waals surface area contributed by atoms with Gasteiger partial charge in [0.05, 0.1) is 33.4 Å². The summed E-state index contributed by atoms with van der Waals surface area (Å²) in [6.07, 6.45) is 7.70. The fourth-order valence-corrected chi connectivity index (χ4v) is 4.27. The van der Waals surface area contributed by atoms with Crippen LogP contribution in [-0.2, 0) is 0 Å². The van der Waals surface area contributed by atoms with E-state index >= 15 is 0 Å². The summed E-state index contributed by atoms with van der Waals surface area (Å²) in [5.74, 6) is 0.813. The van der Waals surface area contributed by atoms with Crippen LogP contribution in [-0.4, -0.2) is 38.0 Å². The Morgan fingerprint density at radius 3 is 2.65 bits per heavy atom. The first-order valence-electron chi connectivity index (χ1n) is 9.89. The highest BCUT2D eigenvalue weighted by Gasteiger charge is 2.20. The topological polar surface area (TPSA) is 108 Å². The molecule has 0 spiro atoms. The minimum atomic E-state index is 0.239. The summed E-state index contributed by atoms with van der Waals surface area (Å²) >= 11 is 12.5. The van der Waals surface area contributed by atoms with Crippen LogP contribution in [0, 0.1) is 0 Å². The van der Waals surface area contributed by atoms with Gasteiger partial charge in [-0.05, 0) is 44.1 Å². The Labute approximate surface area is 188 Å². The molecule has 1 aromatic carbocycles. The van der Waals surface area contributed by atoms with Gasteiger partial charge in [-0.25, -0.2) is 4.98 Å². The van der Waals surface area contributed by atoms with Crippen LogP contribution in [0.4, 0.5) is 5.82 Å². The highest BCUT2D eigenvalue weighted by molar-refractivity contribution is 6.38. The molecule has 1 fully saturated rings. The highest BCUT2D eigenvalue weighted by atomic mass is 35.5. The molecule has 10 heteroatoms. The molecule has 0 atom stereocenters. The van der Waals surface area contributed by atoms with E-state index in [4.69, 9.17) is 33.5 Å². The number of hydrogen-bond acceptors (Lipinski definition) is 7. The number of nitrogens with one attached hydrogen (secondary N) is 1. The van der Waals surface area contributed by atoms with Gasteiger partial charge in [-0.15, -0.1) is 0 Å². The number of halogens is 2. The molecular weight excluding hydrogens is 437 g/mol. The molecule has 4 heterocycles. The molecule has 0 saturated carbocycles. The van der Waals surface area contributed by atoms with Gasteiger partial charge in [0.1, 0.15) is 5.82 Å². The van der Waals surface area contributed by atoms with E-state index in [1.807, 2.05) is 23.1 Å². The zero-order valence-corrected chi connectivity index (χ0v) is 17.9. The van der Waals surface area contributed by atoms with Crippen LogP contribution >= 0.6 is 23.2 Å². The molecule has 1 aliphatic heterocycles. The van der Waals surface area contributed by atoms with Crippen molar-refractivity contribution in [3.05, 3.63) is 52.9 Å². The molecular formula is C21H19Cl2N7O. The lowest BCUT2D eigenvalue weighted by atomic mass is 10.1. The first-order valence-corrected chi connectivity index (χ1v) is 10.6. The van der Waals surface area contributed by atoms with Crippen molar-refractivity contribution in [1.29, 1.82) is 0 Å². The maximum absolute atomic E-state index is 6.27. The molecule has 31 heavy (non-hydrogen) atoms. The summed E-state index contributed by atoms with van der Waals surface area (Å²) in [6, 6.07) is 7.46. The zero-order chi connectivity index (χ0) is 21.4. The molecule has 3 N–H and O–H groups in total. The number of anilines is 1. The SMILES string of the molecule is Nc1ncc(-c2cnn(C3CCNCC3)c2)cc1-c1nc(-c2c(Cl)cccc2Cl)no1. The van der Waals surface area contributed by atoms with Gasteiger partial charge >= 0.3 is 0 Å². The van der Waals surface area contributed by atoms with Crippen LogP contribution < -0.4 is 11.1 Å². The lowest BCUT2D eigenvalue weighted by Gasteiger charge is -2.22. The van der Waals surface area contributed by atoms with Crippen molar-refractivity contribution < 1.29 is 4.52 Å². The first-order chi connectivity index (χ1) is 15.1. The Morgan fingerprint density at radius 1 is 1.10 bits per heavy atom. The van der Waals surface area contributed by atoms with Gasteiger partial charge in [-0.3, -0.25) is 4.68 Å². The summed E-state index contributed by atoms with van der Waals surface area (Å²) in [6.45, 7) is 2.00. The smallest absolute Gasteiger partial charge is 0.262 e. The first kappa shape index (κ1) is 20.0. The monoisotopic (exact) mass is 455 g/mol. The molecule has 4 aromatic rings. The van der Waals surface area contributed by atoms with Crippen molar-refractivity contribution in [1.82, 2.24) is 30.2 Å². The summed E-state index contributed by atoms with van der Waals surface area (Å²) in [7, 11) is 0. The largest absolute Gasteiger partial charge is 0.383 e. The van der Waals surface area contributed by atoms with Gasteiger partial charge in [0.2, 0.25) is 5.82 Å². The molecule has 5 rings (SSSR count). The van der Waals surface area contributed by atoms with Crippen molar-refractivity contribution in [2.45, 2.75) is 18.9 Å². The van der Waals surface area contributed by atoms with Gasteiger partial charge in [-0.2, -0.15) is 10.1 Å². The van der Waals surface area contributed by atoms with Crippen LogP contribution in [0.15, 0.2) is 47.4 Å². The van der Waals surface area contributed by atoms with Crippen LogP contribution in [0.5, 0.6) is 0 Å². The lowest BCUT2D eigenvalue weighted by molar-refractivity contribution is 0.343. The number of nitrogen functional groups attached to an aromatic ring is 1. The minimum absolute atomic E-state index is 0.239. The summed E-state index contributed by atoms with van der Waals surface area (Å²) in [5, 5.41) is 12.8. The van der Waals surface area contributed by atoms with Crippen molar-refractivity contribution >= 4 is 29.0 Å². The number of pyridine rings is 1. The number of piperidine rings is 1. The van der Waals surface area contributed by atoms with E-state index in [0.717, 1.165) is 37.1 Å². The van der Waals surface area contributed by atoms with Crippen LogP contribution in [0.1, 0.15) is 18.9 Å². The van der Waals surface area contributed by atoms with E-state index in [2.05, 4.69) is 25.5 Å². The van der Waals surface area contributed by atoms with Gasteiger partial charge < -0.3 is 15.6 Å². The van der Waals surface area contributed by atoms with Gasteiger partial charge in [0.15, 0.2) is 0 Å². The Bertz CT molecular complexity index is 1210. The second kappa shape index (κ2) is 8.30. The standard InChI is InChI=1S/C21H19Cl2N7O/c22-16-2-1-3-17(23)18(16)20-28-21(31-29-20)15-8-12(9-26-19(15)24)13-10-27-30(11-13)14-4-6-25-7-5-14/h1-3,8-11,14,25H,4-7H2,(H2,24,26). The van der Waals surface area contributed by atoms with Crippen LogP contribution in [0.25, 0.3) is 34.0 Å². The second-order valence-corrected chi connectivity index (χ2v) is 8.18. The molecule has 1 aliphatic rings. The molecule has 0 amide bonds. The predicted octanol–water partition coefficient (Wildman–Crippen LogP) is 4.48. The van der Waals surface area contributed by atoms with E-state index in [0.29, 0.717) is 27.2 Å². The van der Waals surface area contributed by atoms with E-state index in [1.54, 1.807) is 24.4 Å². The molecule has 0 bridgehead atoms. The number of benzene rings is 1. The van der Waals surface area contributed by atoms with Crippen LogP contribution in [0.2, 0.25) is 10.0 Å². The van der Waals surface area contributed by atoms with Crippen molar-refractivity contribution in [2.75, 3.05) is 18.8 Å². The van der Waals surface area contributed by atoms with E-state index < -0.39 is 0 Å². The Balaban J connectivity index is 1.47. The molecule has 1 saturated heterocycles. The minimum Gasteiger partial charge on any atom is -0.383 e. The van der Waals surface area contributed by atoms with Gasteiger partial charge in [0, 0.05) is 23.5 Å². The van der Waals surface area contributed by atoms with Crippen molar-refractivity contribution in [3.8, 4) is 34.0 Å². The zero-order valence-electron chi connectivity index (χ0n) is 16.4. The molecule has 158 valence electrons. The number of nitrogens with two attached hydrogens (primary N) is 1. The van der Waals surface area contributed by atoms with Gasteiger partial charge in [0.25, 0.3) is 5.89 Å². The van der Waals surface area contributed by atoms with Gasteiger partial charge in [-0.1, -0.05) is 34.4 Å². The summed E-state index contributed by atoms with van der Waals surface area (Å²) < 4.78 is 7.49. The fraction of sp³-hybridized carbons (Fsp3) is 0.238. The normalized spacial score (nSPS) is 14.8. The van der Waals surface area contributed by atoms with E-state index in [1.165, 1.54) is 0 Å². The highest BCUT2D eigenvalue weighted by Crippen LogP contribution is 2.35. The molecule has 0 unspecified atom stereocenters. The Kier molecular flexibility index (Phi) is 5.35. The average molecular weight is 456 g/mol. The summed E-state index contributed by atoms with van der Waals surface area (Å²) in [4.78, 5) is 8.77. The number of aromatic nitrogens is 5. The number of hydrogen-bond donors (Lipinski definition) is 2. The molecule has 3 aromatic heterocycles. The van der Waals surface area contributed by atoms with Crippen molar-refractivity contribution in [2.24, 2.45) is 0 Å². The molecule has 0 radical (unpaired) electrons. The number of rotatable bonds is 4. The maximum Gasteiger partial charge on any atom is 0.262 e. The lowest BCUT2D eigenvalue weighted by Crippen LogP contribution is -2.29. The molecule has 0 aliphatic carbocycles. The number of nitrogens with zero attached hydrogens (tertiary/aromatic N) is 5. The Hall–Kier alpha value is -2.94. The average Bonchev–Trinajstić information content (AvgIpc) is 3.45. The van der Waals surface area contributed by atoms with Crippen molar-refractivity contribution in [3.63, 3.8) is 0 Å². The van der Waals surface area contributed by atoms with E-state index in [-0.39, 0.29) is 17.5 Å². The molecule has 8 nitrogen and oxygen atoms in total. The third-order valence-corrected chi connectivity index (χ3v) is 6.01. The van der Waals surface area contributed by atoms with Crippen LogP contribution in [0.3, 0.4) is 0 Å².